The molecule has 1 aromatic carbocycles. The number of rotatable bonds is 6. The summed E-state index contributed by atoms with van der Waals surface area (Å²) in [5.41, 5.74) is 3.16. The fraction of sp³-hybridized carbons (Fsp3) is 0.438. The van der Waals surface area contributed by atoms with Crippen molar-refractivity contribution >= 4 is 39.8 Å². The summed E-state index contributed by atoms with van der Waals surface area (Å²) in [5.74, 6) is 0.335. The monoisotopic (exact) mass is 350 g/mol. The van der Waals surface area contributed by atoms with Crippen LogP contribution in [-0.4, -0.2) is 28.4 Å². The quantitative estimate of drug-likeness (QED) is 0.767. The zero-order chi connectivity index (χ0) is 17.0. The van der Waals surface area contributed by atoms with Crippen LogP contribution in [0, 0.1) is 6.92 Å². The second kappa shape index (κ2) is 7.79. The van der Waals surface area contributed by atoms with Gasteiger partial charge < -0.3 is 10.6 Å². The van der Waals surface area contributed by atoms with Gasteiger partial charge in [0.2, 0.25) is 11.0 Å². The molecule has 0 saturated carbocycles. The van der Waals surface area contributed by atoms with Crippen molar-refractivity contribution in [3.8, 4) is 0 Å². The molecule has 1 aromatic heterocycles. The zero-order valence-electron chi connectivity index (χ0n) is 14.0. The number of aromatic nitrogens is 2. The van der Waals surface area contributed by atoms with Gasteiger partial charge in [0.05, 0.1) is 5.25 Å². The van der Waals surface area contributed by atoms with Gasteiger partial charge in [0, 0.05) is 12.7 Å². The Morgan fingerprint density at radius 1 is 1.26 bits per heavy atom. The van der Waals surface area contributed by atoms with Crippen LogP contribution >= 0.6 is 23.1 Å². The van der Waals surface area contributed by atoms with Crippen molar-refractivity contribution in [2.45, 2.75) is 43.2 Å². The molecule has 0 aliphatic carbocycles. The molecular weight excluding hydrogens is 328 g/mol. The lowest BCUT2D eigenvalue weighted by molar-refractivity contribution is -0.115. The molecule has 0 spiro atoms. The SMILES string of the molecule is CNc1nnc(S[C@@H](C)C(=O)Nc2c(C)cccc2C(C)C)s1. The lowest BCUT2D eigenvalue weighted by Crippen LogP contribution is -2.23. The summed E-state index contributed by atoms with van der Waals surface area (Å²) in [6, 6.07) is 6.11. The third kappa shape index (κ3) is 4.45. The molecule has 124 valence electrons. The number of amides is 1. The Labute approximate surface area is 145 Å². The number of carbonyl (C=O) groups excluding carboxylic acids is 1. The van der Waals surface area contributed by atoms with E-state index in [-0.39, 0.29) is 11.2 Å². The largest absolute Gasteiger partial charge is 0.363 e. The van der Waals surface area contributed by atoms with Crippen LogP contribution in [0.1, 0.15) is 37.8 Å². The number of thioether (sulfide) groups is 1. The van der Waals surface area contributed by atoms with Gasteiger partial charge in [0.15, 0.2) is 4.34 Å². The van der Waals surface area contributed by atoms with Crippen LogP contribution < -0.4 is 10.6 Å². The molecule has 0 unspecified atom stereocenters. The van der Waals surface area contributed by atoms with Crippen molar-refractivity contribution in [1.29, 1.82) is 0 Å². The summed E-state index contributed by atoms with van der Waals surface area (Å²) < 4.78 is 0.783. The highest BCUT2D eigenvalue weighted by molar-refractivity contribution is 8.02. The van der Waals surface area contributed by atoms with Crippen molar-refractivity contribution in [3.63, 3.8) is 0 Å². The van der Waals surface area contributed by atoms with E-state index in [4.69, 9.17) is 0 Å². The van der Waals surface area contributed by atoms with Crippen molar-refractivity contribution in [2.24, 2.45) is 0 Å². The number of carbonyl (C=O) groups is 1. The van der Waals surface area contributed by atoms with Gasteiger partial charge in [0.1, 0.15) is 0 Å². The summed E-state index contributed by atoms with van der Waals surface area (Å²) in [6.45, 7) is 8.16. The number of benzene rings is 1. The van der Waals surface area contributed by atoms with E-state index >= 15 is 0 Å². The maximum absolute atomic E-state index is 12.5. The van der Waals surface area contributed by atoms with Gasteiger partial charge in [-0.3, -0.25) is 4.79 Å². The van der Waals surface area contributed by atoms with E-state index in [0.717, 1.165) is 26.3 Å². The Morgan fingerprint density at radius 3 is 2.61 bits per heavy atom. The maximum atomic E-state index is 12.5. The van der Waals surface area contributed by atoms with Crippen molar-refractivity contribution < 1.29 is 4.79 Å². The first-order valence-electron chi connectivity index (χ1n) is 7.50. The molecule has 5 nitrogen and oxygen atoms in total. The molecule has 2 N–H and O–H groups in total. The molecule has 0 radical (unpaired) electrons. The molecule has 0 saturated heterocycles. The number of anilines is 2. The van der Waals surface area contributed by atoms with Crippen LogP contribution in [0.15, 0.2) is 22.5 Å². The van der Waals surface area contributed by atoms with Crippen LogP contribution in [0.5, 0.6) is 0 Å². The Bertz CT molecular complexity index is 684. The van der Waals surface area contributed by atoms with Gasteiger partial charge in [-0.15, -0.1) is 10.2 Å². The van der Waals surface area contributed by atoms with Crippen molar-refractivity contribution in [2.75, 3.05) is 17.7 Å². The Balaban J connectivity index is 2.09. The van der Waals surface area contributed by atoms with Crippen LogP contribution in [0.3, 0.4) is 0 Å². The highest BCUT2D eigenvalue weighted by Crippen LogP contribution is 2.31. The fourth-order valence-electron chi connectivity index (χ4n) is 2.13. The van der Waals surface area contributed by atoms with Crippen molar-refractivity contribution in [1.82, 2.24) is 10.2 Å². The minimum atomic E-state index is -0.243. The summed E-state index contributed by atoms with van der Waals surface area (Å²) in [5, 5.41) is 14.6. The normalized spacial score (nSPS) is 12.3. The molecule has 1 heterocycles. The van der Waals surface area contributed by atoms with Crippen LogP contribution in [0.25, 0.3) is 0 Å². The van der Waals surface area contributed by atoms with Gasteiger partial charge in [0.25, 0.3) is 0 Å². The molecule has 2 rings (SSSR count). The minimum Gasteiger partial charge on any atom is -0.363 e. The Morgan fingerprint density at radius 2 is 2.00 bits per heavy atom. The number of hydrogen-bond acceptors (Lipinski definition) is 6. The first-order valence-corrected chi connectivity index (χ1v) is 9.20. The first-order chi connectivity index (χ1) is 10.9. The van der Waals surface area contributed by atoms with Gasteiger partial charge in [-0.25, -0.2) is 0 Å². The minimum absolute atomic E-state index is 0.0209. The van der Waals surface area contributed by atoms with E-state index < -0.39 is 0 Å². The average molecular weight is 351 g/mol. The highest BCUT2D eigenvalue weighted by Gasteiger charge is 2.19. The predicted octanol–water partition coefficient (Wildman–Crippen LogP) is 4.13. The van der Waals surface area contributed by atoms with Crippen molar-refractivity contribution in [3.05, 3.63) is 29.3 Å². The van der Waals surface area contributed by atoms with E-state index in [2.05, 4.69) is 40.7 Å². The molecule has 23 heavy (non-hydrogen) atoms. The number of aryl methyl sites for hydroxylation is 1. The zero-order valence-corrected chi connectivity index (χ0v) is 15.6. The van der Waals surface area contributed by atoms with Gasteiger partial charge in [-0.1, -0.05) is 55.1 Å². The van der Waals surface area contributed by atoms with Gasteiger partial charge >= 0.3 is 0 Å². The molecule has 7 heteroatoms. The third-order valence-electron chi connectivity index (χ3n) is 3.44. The second-order valence-electron chi connectivity index (χ2n) is 5.57. The molecule has 1 amide bonds. The molecular formula is C16H22N4OS2. The van der Waals surface area contributed by atoms with E-state index in [1.54, 1.807) is 7.05 Å². The summed E-state index contributed by atoms with van der Waals surface area (Å²) in [7, 11) is 1.80. The Hall–Kier alpha value is -1.60. The highest BCUT2D eigenvalue weighted by atomic mass is 32.2. The van der Waals surface area contributed by atoms with E-state index in [1.807, 2.05) is 26.0 Å². The topological polar surface area (TPSA) is 66.9 Å². The number of nitrogens with one attached hydrogen (secondary N) is 2. The Kier molecular flexibility index (Phi) is 6.01. The first kappa shape index (κ1) is 17.7. The second-order valence-corrected chi connectivity index (χ2v) is 8.13. The van der Waals surface area contributed by atoms with Crippen LogP contribution in [-0.2, 0) is 4.79 Å². The summed E-state index contributed by atoms with van der Waals surface area (Å²) in [4.78, 5) is 12.5. The lowest BCUT2D eigenvalue weighted by Gasteiger charge is -2.18. The van der Waals surface area contributed by atoms with E-state index in [9.17, 15) is 4.79 Å². The van der Waals surface area contributed by atoms with E-state index in [1.165, 1.54) is 23.1 Å². The molecule has 1 atom stereocenters. The fourth-order valence-corrected chi connectivity index (χ4v) is 3.98. The molecule has 0 aliphatic rings. The van der Waals surface area contributed by atoms with Gasteiger partial charge in [-0.05, 0) is 30.9 Å². The number of nitrogens with zero attached hydrogens (tertiary/aromatic N) is 2. The molecule has 0 fully saturated rings. The molecule has 0 bridgehead atoms. The number of para-hydroxylation sites is 1. The summed E-state index contributed by atoms with van der Waals surface area (Å²) >= 11 is 2.87. The standard InChI is InChI=1S/C16H22N4OS2/c1-9(2)12-8-6-7-10(3)13(12)18-14(21)11(4)22-16-20-19-15(17-5)23-16/h6-9,11H,1-5H3,(H,17,19)(H,18,21)/t11-/m0/s1. The summed E-state index contributed by atoms with van der Waals surface area (Å²) in [6.07, 6.45) is 0. The number of hydrogen-bond donors (Lipinski definition) is 2. The van der Waals surface area contributed by atoms with Crippen LogP contribution in [0.2, 0.25) is 0 Å². The third-order valence-corrected chi connectivity index (χ3v) is 5.57. The van der Waals surface area contributed by atoms with E-state index in [0.29, 0.717) is 5.92 Å². The molecule has 0 aliphatic heterocycles. The smallest absolute Gasteiger partial charge is 0.237 e. The predicted molar refractivity (Wildman–Crippen MR) is 98.7 cm³/mol. The maximum Gasteiger partial charge on any atom is 0.237 e. The average Bonchev–Trinajstić information content (AvgIpc) is 2.96. The molecule has 2 aromatic rings. The van der Waals surface area contributed by atoms with Crippen LogP contribution in [0.4, 0.5) is 10.8 Å². The van der Waals surface area contributed by atoms with Gasteiger partial charge in [-0.2, -0.15) is 0 Å². The lowest BCUT2D eigenvalue weighted by atomic mass is 9.98.